The zero-order chi connectivity index (χ0) is 25.1. The van der Waals surface area contributed by atoms with Crippen molar-refractivity contribution in [3.05, 3.63) is 72.4 Å². The molecule has 1 saturated heterocycles. The van der Waals surface area contributed by atoms with Crippen LogP contribution in [0.15, 0.2) is 66.8 Å². The Balaban J connectivity index is 1.94. The van der Waals surface area contributed by atoms with Crippen LogP contribution < -0.4 is 5.32 Å². The number of hydrogen-bond donors (Lipinski definition) is 1. The Bertz CT molecular complexity index is 1030. The van der Waals surface area contributed by atoms with Gasteiger partial charge in [-0.2, -0.15) is 11.8 Å². The molecule has 0 spiro atoms. The topological polar surface area (TPSA) is 80.3 Å². The predicted molar refractivity (Wildman–Crippen MR) is 137 cm³/mol. The normalized spacial score (nSPS) is 17.8. The summed E-state index contributed by atoms with van der Waals surface area (Å²) in [6.07, 6.45) is 12.4. The average molecular weight is 478 g/mol. The summed E-state index contributed by atoms with van der Waals surface area (Å²) in [5.74, 6) is 1.35. The summed E-state index contributed by atoms with van der Waals surface area (Å²) in [5.41, 5.74) is 0.899. The minimum Gasteiger partial charge on any atom is -0.340 e. The third-order valence-electron chi connectivity index (χ3n) is 5.52. The lowest BCUT2D eigenvalue weighted by Crippen LogP contribution is -2.45. The molecule has 6 heteroatoms. The molecular formula is C28H31NO4S. The van der Waals surface area contributed by atoms with E-state index in [0.717, 1.165) is 5.56 Å². The molecule has 1 fully saturated rings. The fourth-order valence-electron chi connectivity index (χ4n) is 3.49. The number of thioether (sulfide) groups is 1. The Morgan fingerprint density at radius 1 is 1.24 bits per heavy atom. The van der Waals surface area contributed by atoms with E-state index in [1.54, 1.807) is 26.0 Å². The first kappa shape index (κ1) is 27.1. The smallest absolute Gasteiger partial charge is 0.229 e. The van der Waals surface area contributed by atoms with Crippen molar-refractivity contribution in [1.29, 1.82) is 0 Å². The lowest BCUT2D eigenvalue weighted by Gasteiger charge is -2.22. The van der Waals surface area contributed by atoms with Crippen molar-refractivity contribution in [2.75, 3.05) is 11.5 Å². The minimum absolute atomic E-state index is 0.0585. The number of carbonyl (C=O) groups excluding carboxylic acids is 4. The SMILES string of the molecule is C#CC(C)(C)NC(=O)[C@@H]1CSC/C1=C\C(=O)C(=O)C/C=C/CC(Cc1ccccc1)C(=O)C=C. The van der Waals surface area contributed by atoms with Crippen molar-refractivity contribution >= 4 is 35.0 Å². The van der Waals surface area contributed by atoms with Crippen LogP contribution in [-0.2, 0) is 25.6 Å². The van der Waals surface area contributed by atoms with Gasteiger partial charge in [-0.25, -0.2) is 0 Å². The maximum atomic E-state index is 12.6. The first-order valence-electron chi connectivity index (χ1n) is 11.2. The van der Waals surface area contributed by atoms with Crippen molar-refractivity contribution in [1.82, 2.24) is 5.32 Å². The maximum Gasteiger partial charge on any atom is 0.229 e. The Labute approximate surface area is 206 Å². The van der Waals surface area contributed by atoms with E-state index in [-0.39, 0.29) is 24.0 Å². The van der Waals surface area contributed by atoms with E-state index in [4.69, 9.17) is 6.42 Å². The summed E-state index contributed by atoms with van der Waals surface area (Å²) in [4.78, 5) is 49.6. The van der Waals surface area contributed by atoms with Crippen molar-refractivity contribution < 1.29 is 19.2 Å². The highest BCUT2D eigenvalue weighted by molar-refractivity contribution is 7.99. The van der Waals surface area contributed by atoms with Crippen molar-refractivity contribution in [3.8, 4) is 12.3 Å². The largest absolute Gasteiger partial charge is 0.340 e. The molecule has 1 aromatic carbocycles. The summed E-state index contributed by atoms with van der Waals surface area (Å²) >= 11 is 1.54. The van der Waals surface area contributed by atoms with E-state index in [0.29, 0.717) is 29.9 Å². The molecule has 0 aliphatic carbocycles. The van der Waals surface area contributed by atoms with E-state index in [1.165, 1.54) is 23.9 Å². The lowest BCUT2D eigenvalue weighted by molar-refractivity contribution is -0.133. The van der Waals surface area contributed by atoms with E-state index >= 15 is 0 Å². The number of allylic oxidation sites excluding steroid dienone is 4. The molecule has 0 aromatic heterocycles. The van der Waals surface area contributed by atoms with Gasteiger partial charge in [-0.3, -0.25) is 19.2 Å². The zero-order valence-corrected chi connectivity index (χ0v) is 20.5. The molecule has 1 amide bonds. The third kappa shape index (κ3) is 8.31. The first-order chi connectivity index (χ1) is 16.2. The van der Waals surface area contributed by atoms with E-state index in [2.05, 4.69) is 17.8 Å². The fourth-order valence-corrected chi connectivity index (χ4v) is 4.72. The monoisotopic (exact) mass is 477 g/mol. The Kier molecular flexibility index (Phi) is 10.3. The maximum absolute atomic E-state index is 12.6. The molecule has 2 rings (SSSR count). The van der Waals surface area contributed by atoms with Gasteiger partial charge in [0.25, 0.3) is 0 Å². The quantitative estimate of drug-likeness (QED) is 0.214. The van der Waals surface area contributed by atoms with Gasteiger partial charge in [0.1, 0.15) is 0 Å². The molecule has 1 aliphatic rings. The number of benzene rings is 1. The summed E-state index contributed by atoms with van der Waals surface area (Å²) < 4.78 is 0. The van der Waals surface area contributed by atoms with Crippen LogP contribution in [0.5, 0.6) is 0 Å². The average Bonchev–Trinajstić information content (AvgIpc) is 3.29. The number of amides is 1. The summed E-state index contributed by atoms with van der Waals surface area (Å²) in [5, 5.41) is 2.79. The molecular weight excluding hydrogens is 446 g/mol. The Hall–Kier alpha value is -3.17. The first-order valence-corrected chi connectivity index (χ1v) is 12.3. The summed E-state index contributed by atoms with van der Waals surface area (Å²) in [6.45, 7) is 7.03. The summed E-state index contributed by atoms with van der Waals surface area (Å²) in [7, 11) is 0. The predicted octanol–water partition coefficient (Wildman–Crippen LogP) is 3.89. The van der Waals surface area contributed by atoms with Crippen LogP contribution in [0.3, 0.4) is 0 Å². The Morgan fingerprint density at radius 3 is 2.59 bits per heavy atom. The number of Topliss-reactive ketones (excluding diaryl/α,β-unsaturated/α-hetero) is 1. The number of terminal acetylenes is 1. The van der Waals surface area contributed by atoms with Gasteiger partial charge in [-0.1, -0.05) is 55.0 Å². The highest BCUT2D eigenvalue weighted by Gasteiger charge is 2.32. The highest BCUT2D eigenvalue weighted by Crippen LogP contribution is 2.30. The third-order valence-corrected chi connectivity index (χ3v) is 6.63. The van der Waals surface area contributed by atoms with Gasteiger partial charge < -0.3 is 5.32 Å². The molecule has 1 N–H and O–H groups in total. The van der Waals surface area contributed by atoms with Gasteiger partial charge in [-0.15, -0.1) is 6.42 Å². The van der Waals surface area contributed by atoms with Crippen molar-refractivity contribution in [3.63, 3.8) is 0 Å². The number of hydrogen-bond acceptors (Lipinski definition) is 5. The molecule has 34 heavy (non-hydrogen) atoms. The van der Waals surface area contributed by atoms with Crippen LogP contribution in [0.2, 0.25) is 0 Å². The van der Waals surface area contributed by atoms with Gasteiger partial charge in [-0.05, 0) is 50.0 Å². The summed E-state index contributed by atoms with van der Waals surface area (Å²) in [6, 6.07) is 9.69. The van der Waals surface area contributed by atoms with Crippen LogP contribution in [0.25, 0.3) is 0 Å². The zero-order valence-electron chi connectivity index (χ0n) is 19.7. The van der Waals surface area contributed by atoms with E-state index < -0.39 is 23.0 Å². The van der Waals surface area contributed by atoms with Crippen LogP contribution in [0, 0.1) is 24.2 Å². The lowest BCUT2D eigenvalue weighted by atomic mass is 9.92. The highest BCUT2D eigenvalue weighted by atomic mass is 32.2. The molecule has 2 atom stereocenters. The number of carbonyl (C=O) groups is 4. The minimum atomic E-state index is -0.786. The van der Waals surface area contributed by atoms with Gasteiger partial charge in [0, 0.05) is 23.8 Å². The van der Waals surface area contributed by atoms with Crippen LogP contribution in [0.1, 0.15) is 32.3 Å². The molecule has 1 heterocycles. The Morgan fingerprint density at radius 2 is 1.94 bits per heavy atom. The van der Waals surface area contributed by atoms with Gasteiger partial charge in [0.2, 0.25) is 17.5 Å². The molecule has 0 saturated carbocycles. The van der Waals surface area contributed by atoms with Crippen molar-refractivity contribution in [2.45, 2.75) is 38.6 Å². The second-order valence-electron chi connectivity index (χ2n) is 8.74. The van der Waals surface area contributed by atoms with Gasteiger partial charge >= 0.3 is 0 Å². The fraction of sp³-hybridized carbons (Fsp3) is 0.357. The molecule has 5 nitrogen and oxygen atoms in total. The van der Waals surface area contributed by atoms with E-state index in [1.807, 2.05) is 30.3 Å². The van der Waals surface area contributed by atoms with Crippen molar-refractivity contribution in [2.24, 2.45) is 11.8 Å². The second-order valence-corrected chi connectivity index (χ2v) is 9.77. The molecule has 1 aromatic rings. The van der Waals surface area contributed by atoms with Crippen LogP contribution in [0.4, 0.5) is 0 Å². The van der Waals surface area contributed by atoms with Crippen LogP contribution in [-0.4, -0.2) is 40.3 Å². The molecule has 1 aliphatic heterocycles. The van der Waals surface area contributed by atoms with Crippen LogP contribution >= 0.6 is 11.8 Å². The van der Waals surface area contributed by atoms with E-state index in [9.17, 15) is 19.2 Å². The van der Waals surface area contributed by atoms with Gasteiger partial charge in [0.05, 0.1) is 11.5 Å². The standard InChI is InChI=1S/C28H31NO4S/c1-5-24(30)21(16-20-12-8-7-9-13-20)14-10-11-15-25(31)26(32)17-22-18-34-19-23(22)27(33)29-28(3,4)6-2/h2,5,7-13,17,21,23H,1,14-16,18-19H2,3-4H3,(H,29,33)/b11-10+,22-17+/t21?,23-/m1/s1. The van der Waals surface area contributed by atoms with Gasteiger partial charge in [0.15, 0.2) is 5.78 Å². The molecule has 1 unspecified atom stereocenters. The molecule has 0 radical (unpaired) electrons. The number of nitrogens with one attached hydrogen (secondary N) is 1. The number of ketones is 3. The molecule has 0 bridgehead atoms. The second kappa shape index (κ2) is 12.9. The molecule has 178 valence electrons. The number of rotatable bonds is 12.